The van der Waals surface area contributed by atoms with E-state index in [4.69, 9.17) is 19.2 Å². The number of aromatic nitrogens is 2. The van der Waals surface area contributed by atoms with Crippen molar-refractivity contribution in [2.45, 2.75) is 30.5 Å². The molecule has 2 aliphatic heterocycles. The molecular formula is C24H27N4O6S+. The number of nitro benzene ring substituents is 1. The third-order valence-electron chi connectivity index (χ3n) is 6.28. The number of hydrogen-bond donors (Lipinski definition) is 1. The van der Waals surface area contributed by atoms with E-state index in [1.54, 1.807) is 10.6 Å². The molecule has 5 rings (SSSR count). The van der Waals surface area contributed by atoms with Crippen LogP contribution in [0.4, 0.5) is 5.69 Å². The number of para-hydroxylation sites is 1. The zero-order valence-electron chi connectivity index (χ0n) is 19.2. The van der Waals surface area contributed by atoms with Crippen LogP contribution < -0.4 is 15.2 Å². The number of benzene rings is 2. The smallest absolute Gasteiger partial charge is 0.270 e. The van der Waals surface area contributed by atoms with Gasteiger partial charge in [-0.2, -0.15) is 0 Å². The predicted molar refractivity (Wildman–Crippen MR) is 130 cm³/mol. The van der Waals surface area contributed by atoms with Crippen LogP contribution in [0, 0.1) is 10.1 Å². The fourth-order valence-corrected chi connectivity index (χ4v) is 5.48. The Morgan fingerprint density at radius 2 is 2.00 bits per heavy atom. The van der Waals surface area contributed by atoms with Gasteiger partial charge in [-0.3, -0.25) is 19.5 Å². The average Bonchev–Trinajstić information content (AvgIpc) is 2.89. The van der Waals surface area contributed by atoms with Crippen molar-refractivity contribution in [1.82, 2.24) is 9.55 Å². The molecule has 1 aromatic heterocycles. The molecule has 0 bridgehead atoms. The number of nitrogens with one attached hydrogen (secondary N) is 1. The topological polar surface area (TPSA) is 110 Å². The molecule has 0 amide bonds. The van der Waals surface area contributed by atoms with Crippen molar-refractivity contribution in [1.29, 1.82) is 0 Å². The van der Waals surface area contributed by atoms with Gasteiger partial charge in [-0.25, -0.2) is 4.98 Å². The Bertz CT molecular complexity index is 1290. The molecule has 35 heavy (non-hydrogen) atoms. The quantitative estimate of drug-likeness (QED) is 0.216. The second kappa shape index (κ2) is 10.7. The van der Waals surface area contributed by atoms with Crippen LogP contribution in [0.2, 0.25) is 0 Å². The van der Waals surface area contributed by atoms with E-state index in [0.717, 1.165) is 39.3 Å². The molecule has 11 heteroatoms. The van der Waals surface area contributed by atoms with Gasteiger partial charge in [0.1, 0.15) is 18.8 Å². The van der Waals surface area contributed by atoms with E-state index in [1.165, 1.54) is 28.8 Å². The summed E-state index contributed by atoms with van der Waals surface area (Å²) >= 11 is 1.39. The van der Waals surface area contributed by atoms with Crippen molar-refractivity contribution in [3.63, 3.8) is 0 Å². The van der Waals surface area contributed by atoms with Crippen molar-refractivity contribution in [2.24, 2.45) is 0 Å². The Morgan fingerprint density at radius 3 is 2.83 bits per heavy atom. The van der Waals surface area contributed by atoms with E-state index >= 15 is 0 Å². The van der Waals surface area contributed by atoms with Gasteiger partial charge in [0.05, 0.1) is 42.2 Å². The van der Waals surface area contributed by atoms with Crippen LogP contribution in [-0.2, 0) is 28.4 Å². The second-order valence-corrected chi connectivity index (χ2v) is 9.53. The molecule has 1 N–H and O–H groups in total. The van der Waals surface area contributed by atoms with Gasteiger partial charge in [0, 0.05) is 42.0 Å². The first-order valence-electron chi connectivity index (χ1n) is 11.6. The fourth-order valence-electron chi connectivity index (χ4n) is 4.49. The Kier molecular flexibility index (Phi) is 7.28. The number of rotatable bonds is 8. The first-order valence-corrected chi connectivity index (χ1v) is 12.6. The van der Waals surface area contributed by atoms with Crippen molar-refractivity contribution in [2.75, 3.05) is 39.6 Å². The summed E-state index contributed by atoms with van der Waals surface area (Å²) in [7, 11) is 0. The van der Waals surface area contributed by atoms with Gasteiger partial charge in [0.2, 0.25) is 0 Å². The summed E-state index contributed by atoms with van der Waals surface area (Å²) in [5.41, 5.74) is 1.90. The standard InChI is InChI=1S/C24H26N4O6S/c29-23-20-4-1-2-5-21(20)25-24(27(23)7-3-6-26-8-10-32-11-9-26)35-15-18-13-19(28(30)31)12-17-14-33-16-34-22(17)18/h1-2,4-5,12-13H,3,6-11,14-16H2/p+1. The maximum atomic E-state index is 13.4. The van der Waals surface area contributed by atoms with Crippen LogP contribution in [-0.4, -0.2) is 54.1 Å². The summed E-state index contributed by atoms with van der Waals surface area (Å²) in [4.78, 5) is 30.7. The molecule has 0 saturated carbocycles. The van der Waals surface area contributed by atoms with Gasteiger partial charge < -0.3 is 19.1 Å². The van der Waals surface area contributed by atoms with Crippen LogP contribution in [0.3, 0.4) is 0 Å². The highest BCUT2D eigenvalue weighted by molar-refractivity contribution is 7.98. The fraction of sp³-hybridized carbons (Fsp3) is 0.417. The highest BCUT2D eigenvalue weighted by Crippen LogP contribution is 2.36. The molecule has 184 valence electrons. The largest absolute Gasteiger partial charge is 0.467 e. The van der Waals surface area contributed by atoms with Gasteiger partial charge >= 0.3 is 0 Å². The Morgan fingerprint density at radius 1 is 1.17 bits per heavy atom. The van der Waals surface area contributed by atoms with Gasteiger partial charge in [-0.15, -0.1) is 0 Å². The normalized spacial score (nSPS) is 16.1. The lowest BCUT2D eigenvalue weighted by atomic mass is 10.1. The SMILES string of the molecule is O=c1c2ccccc2nc(SCc2cc([N+](=O)[O-])cc3c2OCOC3)n1CCC[NH+]1CCOCC1. The minimum Gasteiger partial charge on any atom is -0.467 e. The number of non-ortho nitro benzene ring substituents is 1. The first kappa shape index (κ1) is 23.7. The van der Waals surface area contributed by atoms with E-state index in [0.29, 0.717) is 45.2 Å². The minimum absolute atomic E-state index is 0.00852. The lowest BCUT2D eigenvalue weighted by Gasteiger charge is -2.24. The average molecular weight is 500 g/mol. The van der Waals surface area contributed by atoms with E-state index in [1.807, 2.05) is 18.2 Å². The molecule has 1 fully saturated rings. The number of nitrogens with zero attached hydrogens (tertiary/aromatic N) is 3. The van der Waals surface area contributed by atoms with E-state index in [-0.39, 0.29) is 24.6 Å². The number of ether oxygens (including phenoxy) is 3. The number of morpholine rings is 1. The van der Waals surface area contributed by atoms with Crippen LogP contribution >= 0.6 is 11.8 Å². The molecule has 3 heterocycles. The number of fused-ring (bicyclic) bond motifs is 2. The van der Waals surface area contributed by atoms with Crippen LogP contribution in [0.25, 0.3) is 10.9 Å². The summed E-state index contributed by atoms with van der Waals surface area (Å²) in [6.45, 7) is 5.38. The Hall–Kier alpha value is -2.99. The molecule has 0 radical (unpaired) electrons. The molecule has 0 aliphatic carbocycles. The third-order valence-corrected chi connectivity index (χ3v) is 7.30. The van der Waals surface area contributed by atoms with E-state index in [9.17, 15) is 14.9 Å². The Labute approximate surface area is 205 Å². The van der Waals surface area contributed by atoms with Gasteiger partial charge in [-0.1, -0.05) is 23.9 Å². The highest BCUT2D eigenvalue weighted by atomic mass is 32.2. The molecule has 0 spiro atoms. The zero-order chi connectivity index (χ0) is 24.2. The van der Waals surface area contributed by atoms with Crippen molar-refractivity contribution in [3.8, 4) is 5.75 Å². The van der Waals surface area contributed by atoms with Crippen LogP contribution in [0.15, 0.2) is 46.3 Å². The number of nitro groups is 1. The summed E-state index contributed by atoms with van der Waals surface area (Å²) in [5.74, 6) is 0.990. The van der Waals surface area contributed by atoms with Gasteiger partial charge in [0.15, 0.2) is 11.9 Å². The third kappa shape index (κ3) is 5.32. The first-order chi connectivity index (χ1) is 17.1. The molecule has 2 aromatic carbocycles. The van der Waals surface area contributed by atoms with Gasteiger partial charge in [0.25, 0.3) is 11.2 Å². The van der Waals surface area contributed by atoms with Crippen molar-refractivity contribution < 1.29 is 24.0 Å². The number of quaternary nitrogens is 1. The highest BCUT2D eigenvalue weighted by Gasteiger charge is 2.22. The summed E-state index contributed by atoms with van der Waals surface area (Å²) in [6, 6.07) is 10.4. The zero-order valence-corrected chi connectivity index (χ0v) is 20.1. The monoisotopic (exact) mass is 499 g/mol. The summed E-state index contributed by atoms with van der Waals surface area (Å²) in [5, 5.41) is 12.6. The van der Waals surface area contributed by atoms with Gasteiger partial charge in [-0.05, 0) is 12.1 Å². The Balaban J connectivity index is 1.42. The van der Waals surface area contributed by atoms with Crippen molar-refractivity contribution >= 4 is 28.4 Å². The molecule has 0 atom stereocenters. The molecular weight excluding hydrogens is 472 g/mol. The summed E-state index contributed by atoms with van der Waals surface area (Å²) in [6.07, 6.45) is 0.843. The minimum atomic E-state index is -0.415. The molecule has 2 aliphatic rings. The summed E-state index contributed by atoms with van der Waals surface area (Å²) < 4.78 is 18.2. The van der Waals surface area contributed by atoms with E-state index < -0.39 is 4.92 Å². The maximum Gasteiger partial charge on any atom is 0.270 e. The molecule has 0 unspecified atom stereocenters. The van der Waals surface area contributed by atoms with E-state index in [2.05, 4.69) is 0 Å². The van der Waals surface area contributed by atoms with Crippen LogP contribution in [0.1, 0.15) is 17.5 Å². The predicted octanol–water partition coefficient (Wildman–Crippen LogP) is 1.77. The second-order valence-electron chi connectivity index (χ2n) is 8.58. The lowest BCUT2D eigenvalue weighted by molar-refractivity contribution is -0.908. The maximum absolute atomic E-state index is 13.4. The molecule has 3 aromatic rings. The van der Waals surface area contributed by atoms with Crippen LogP contribution in [0.5, 0.6) is 5.75 Å². The molecule has 1 saturated heterocycles. The number of hydrogen-bond acceptors (Lipinski definition) is 8. The molecule has 10 nitrogen and oxygen atoms in total. The number of thioether (sulfide) groups is 1. The lowest BCUT2D eigenvalue weighted by Crippen LogP contribution is -3.14. The van der Waals surface area contributed by atoms with Crippen molar-refractivity contribution in [3.05, 3.63) is 68.0 Å².